The molecule has 6 heteroatoms. The number of hydrogen-bond donors (Lipinski definition) is 1. The Morgan fingerprint density at radius 2 is 1.64 bits per heavy atom. The van der Waals surface area contributed by atoms with Crippen LogP contribution in [0, 0.1) is 0 Å². The second kappa shape index (κ2) is 7.09. The second-order valence-corrected chi connectivity index (χ2v) is 9.24. The largest absolute Gasteiger partial charge is 0.478 e. The average molecular weight is 401 g/mol. The smallest absolute Gasteiger partial charge is 0.328 e. The molecule has 0 amide bonds. The SMILES string of the molecule is O=C(O)C=Cc1ccc(-c2cc(-c3cccs3)sc2-c2cccs2)s1. The minimum atomic E-state index is -0.926. The number of hydrogen-bond acceptors (Lipinski definition) is 5. The molecule has 0 bridgehead atoms. The molecule has 25 heavy (non-hydrogen) atoms. The molecule has 0 atom stereocenters. The monoisotopic (exact) mass is 400 g/mol. The Balaban J connectivity index is 1.79. The number of rotatable bonds is 5. The molecule has 0 aliphatic rings. The van der Waals surface area contributed by atoms with Gasteiger partial charge in [-0.25, -0.2) is 4.79 Å². The first-order chi connectivity index (χ1) is 12.2. The maximum atomic E-state index is 10.7. The van der Waals surface area contributed by atoms with Gasteiger partial charge in [0.25, 0.3) is 0 Å². The van der Waals surface area contributed by atoms with Gasteiger partial charge in [0.2, 0.25) is 0 Å². The highest BCUT2D eigenvalue weighted by atomic mass is 32.1. The lowest BCUT2D eigenvalue weighted by atomic mass is 10.2. The Hall–Kier alpha value is -1.99. The summed E-state index contributed by atoms with van der Waals surface area (Å²) in [4.78, 5) is 17.9. The Bertz CT molecular complexity index is 1020. The standard InChI is InChI=1S/C19H12O2S4/c20-18(21)8-6-12-5-7-14(24-12)13-11-17(15-3-1-9-22-15)25-19(13)16-4-2-10-23-16/h1-11H,(H,20,21). The van der Waals surface area contributed by atoms with E-state index in [2.05, 4.69) is 47.2 Å². The fraction of sp³-hybridized carbons (Fsp3) is 0. The maximum absolute atomic E-state index is 10.7. The second-order valence-electron chi connectivity index (χ2n) is 5.18. The number of aliphatic carboxylic acids is 1. The summed E-state index contributed by atoms with van der Waals surface area (Å²) in [5, 5.41) is 13.0. The van der Waals surface area contributed by atoms with Crippen molar-refractivity contribution in [3.8, 4) is 29.9 Å². The molecule has 0 fully saturated rings. The van der Waals surface area contributed by atoms with Crippen LogP contribution in [0.25, 0.3) is 36.0 Å². The molecule has 0 spiro atoms. The summed E-state index contributed by atoms with van der Waals surface area (Å²) in [6, 6.07) is 14.7. The van der Waals surface area contributed by atoms with E-state index >= 15 is 0 Å². The summed E-state index contributed by atoms with van der Waals surface area (Å²) >= 11 is 6.92. The van der Waals surface area contributed by atoms with E-state index in [0.29, 0.717) is 0 Å². The third kappa shape index (κ3) is 3.52. The molecule has 0 aliphatic heterocycles. The molecule has 0 saturated heterocycles. The van der Waals surface area contributed by atoms with Gasteiger partial charge in [-0.1, -0.05) is 12.1 Å². The van der Waals surface area contributed by atoms with Gasteiger partial charge in [-0.3, -0.25) is 0 Å². The molecule has 0 aromatic carbocycles. The topological polar surface area (TPSA) is 37.3 Å². The van der Waals surface area contributed by atoms with Crippen molar-refractivity contribution in [3.05, 3.63) is 64.2 Å². The first-order valence-electron chi connectivity index (χ1n) is 7.43. The van der Waals surface area contributed by atoms with E-state index in [1.807, 2.05) is 17.4 Å². The maximum Gasteiger partial charge on any atom is 0.328 e. The van der Waals surface area contributed by atoms with Crippen LogP contribution in [0.4, 0.5) is 0 Å². The Labute approximate surface area is 161 Å². The van der Waals surface area contributed by atoms with Crippen molar-refractivity contribution in [1.29, 1.82) is 0 Å². The van der Waals surface area contributed by atoms with Crippen LogP contribution in [-0.2, 0) is 4.79 Å². The Kier molecular flexibility index (Phi) is 4.67. The third-order valence-electron chi connectivity index (χ3n) is 3.52. The summed E-state index contributed by atoms with van der Waals surface area (Å²) in [5.74, 6) is -0.926. The van der Waals surface area contributed by atoms with Crippen LogP contribution >= 0.6 is 45.3 Å². The van der Waals surface area contributed by atoms with Crippen molar-refractivity contribution in [1.82, 2.24) is 0 Å². The molecule has 0 aliphatic carbocycles. The van der Waals surface area contributed by atoms with Crippen LogP contribution in [0.15, 0.2) is 59.3 Å². The average Bonchev–Trinajstić information content (AvgIpc) is 3.40. The minimum absolute atomic E-state index is 0.926. The van der Waals surface area contributed by atoms with Gasteiger partial charge in [0.05, 0.1) is 4.88 Å². The molecule has 124 valence electrons. The van der Waals surface area contributed by atoms with Crippen molar-refractivity contribution < 1.29 is 9.90 Å². The highest BCUT2D eigenvalue weighted by molar-refractivity contribution is 7.26. The highest BCUT2D eigenvalue weighted by Crippen LogP contribution is 2.47. The Morgan fingerprint density at radius 3 is 2.32 bits per heavy atom. The molecule has 0 saturated carbocycles. The van der Waals surface area contributed by atoms with Gasteiger partial charge < -0.3 is 5.11 Å². The minimum Gasteiger partial charge on any atom is -0.478 e. The fourth-order valence-electron chi connectivity index (χ4n) is 2.45. The van der Waals surface area contributed by atoms with Crippen molar-refractivity contribution in [2.45, 2.75) is 0 Å². The van der Waals surface area contributed by atoms with Crippen LogP contribution in [0.2, 0.25) is 0 Å². The van der Waals surface area contributed by atoms with E-state index in [1.54, 1.807) is 40.1 Å². The van der Waals surface area contributed by atoms with Gasteiger partial charge in [-0.05, 0) is 47.2 Å². The van der Waals surface area contributed by atoms with Crippen molar-refractivity contribution in [2.24, 2.45) is 0 Å². The number of carboxylic acids is 1. The van der Waals surface area contributed by atoms with E-state index in [0.717, 1.165) is 9.75 Å². The quantitative estimate of drug-likeness (QED) is 0.365. The zero-order valence-corrected chi connectivity index (χ0v) is 16.1. The summed E-state index contributed by atoms with van der Waals surface area (Å²) in [5.41, 5.74) is 1.22. The van der Waals surface area contributed by atoms with E-state index in [1.165, 1.54) is 31.1 Å². The van der Waals surface area contributed by atoms with Crippen molar-refractivity contribution in [2.75, 3.05) is 0 Å². The summed E-state index contributed by atoms with van der Waals surface area (Å²) in [6.45, 7) is 0. The van der Waals surface area contributed by atoms with Gasteiger partial charge >= 0.3 is 5.97 Å². The van der Waals surface area contributed by atoms with E-state index in [9.17, 15) is 4.79 Å². The number of carboxylic acid groups (broad SMARTS) is 1. The highest BCUT2D eigenvalue weighted by Gasteiger charge is 2.16. The predicted molar refractivity (Wildman–Crippen MR) is 111 cm³/mol. The van der Waals surface area contributed by atoms with Crippen LogP contribution in [0.1, 0.15) is 4.88 Å². The van der Waals surface area contributed by atoms with Crippen molar-refractivity contribution >= 4 is 57.4 Å². The van der Waals surface area contributed by atoms with Gasteiger partial charge in [0, 0.05) is 36.0 Å². The lowest BCUT2D eigenvalue weighted by molar-refractivity contribution is -0.131. The summed E-state index contributed by atoms with van der Waals surface area (Å²) in [6.07, 6.45) is 2.83. The fourth-order valence-corrected chi connectivity index (χ4v) is 6.31. The molecule has 4 heterocycles. The Morgan fingerprint density at radius 1 is 0.880 bits per heavy atom. The molecule has 4 aromatic rings. The normalized spacial score (nSPS) is 11.4. The van der Waals surface area contributed by atoms with E-state index in [4.69, 9.17) is 5.11 Å². The summed E-state index contributed by atoms with van der Waals surface area (Å²) in [7, 11) is 0. The molecule has 0 unspecified atom stereocenters. The first kappa shape index (κ1) is 16.5. The molecular formula is C19H12O2S4. The van der Waals surface area contributed by atoms with Crippen LogP contribution < -0.4 is 0 Å². The molecule has 0 radical (unpaired) electrons. The van der Waals surface area contributed by atoms with Gasteiger partial charge in [-0.15, -0.1) is 45.3 Å². The molecular weight excluding hydrogens is 388 g/mol. The third-order valence-corrected chi connectivity index (χ3v) is 7.86. The van der Waals surface area contributed by atoms with Gasteiger partial charge in [0.1, 0.15) is 0 Å². The van der Waals surface area contributed by atoms with Gasteiger partial charge in [-0.2, -0.15) is 0 Å². The number of thiophene rings is 4. The van der Waals surface area contributed by atoms with Crippen LogP contribution in [0.3, 0.4) is 0 Å². The predicted octanol–water partition coefficient (Wildman–Crippen LogP) is 7.03. The zero-order valence-electron chi connectivity index (χ0n) is 12.8. The lowest BCUT2D eigenvalue weighted by Gasteiger charge is -1.98. The van der Waals surface area contributed by atoms with Crippen LogP contribution in [-0.4, -0.2) is 11.1 Å². The molecule has 4 aromatic heterocycles. The zero-order chi connectivity index (χ0) is 17.2. The van der Waals surface area contributed by atoms with E-state index in [-0.39, 0.29) is 0 Å². The number of carbonyl (C=O) groups is 1. The molecule has 4 rings (SSSR count). The molecule has 1 N–H and O–H groups in total. The first-order valence-corrected chi connectivity index (χ1v) is 10.8. The van der Waals surface area contributed by atoms with Crippen molar-refractivity contribution in [3.63, 3.8) is 0 Å². The van der Waals surface area contributed by atoms with E-state index < -0.39 is 5.97 Å². The summed E-state index contributed by atoms with van der Waals surface area (Å²) < 4.78 is 0. The molecule has 2 nitrogen and oxygen atoms in total. The lowest BCUT2D eigenvalue weighted by Crippen LogP contribution is -1.84. The van der Waals surface area contributed by atoms with Crippen LogP contribution in [0.5, 0.6) is 0 Å². The van der Waals surface area contributed by atoms with Gasteiger partial charge in [0.15, 0.2) is 0 Å².